The number of aromatic nitrogens is 2. The fraction of sp³-hybridized carbons (Fsp3) is 0.300. The van der Waals surface area contributed by atoms with E-state index in [1.807, 2.05) is 98.9 Å². The number of carbonyl (C=O) groups is 1. The molecule has 204 valence electrons. The van der Waals surface area contributed by atoms with E-state index in [4.69, 9.17) is 9.72 Å². The normalized spacial score (nSPS) is 11.9. The van der Waals surface area contributed by atoms with Gasteiger partial charge in [0.15, 0.2) is 0 Å². The summed E-state index contributed by atoms with van der Waals surface area (Å²) in [4.78, 5) is 37.6. The Morgan fingerprint density at radius 1 is 1.03 bits per heavy atom. The van der Waals surface area contributed by atoms with Gasteiger partial charge in [0.2, 0.25) is 0 Å². The van der Waals surface area contributed by atoms with E-state index in [1.54, 1.807) is 34.4 Å². The molecule has 0 fully saturated rings. The number of hydrogen-bond donors (Lipinski definition) is 1. The molecule has 0 spiro atoms. The summed E-state index contributed by atoms with van der Waals surface area (Å²) in [6.07, 6.45) is 2.58. The highest BCUT2D eigenvalue weighted by Gasteiger charge is 2.29. The highest BCUT2D eigenvalue weighted by Crippen LogP contribution is 2.28. The van der Waals surface area contributed by atoms with Crippen LogP contribution in [-0.2, 0) is 0 Å². The zero-order valence-corrected chi connectivity index (χ0v) is 23.9. The Bertz CT molecular complexity index is 1470. The smallest absolute Gasteiger partial charge is 0.322 e. The minimum absolute atomic E-state index is 0.181. The molecule has 0 bridgehead atoms. The molecule has 8 nitrogen and oxygen atoms in total. The largest absolute Gasteiger partial charge is 0.497 e. The van der Waals surface area contributed by atoms with Crippen LogP contribution >= 0.6 is 11.8 Å². The first kappa shape index (κ1) is 28.2. The molecule has 4 rings (SSSR count). The summed E-state index contributed by atoms with van der Waals surface area (Å²) >= 11 is 1.65. The third-order valence-corrected chi connectivity index (χ3v) is 7.33. The number of amides is 2. The molecule has 0 saturated carbocycles. The van der Waals surface area contributed by atoms with Crippen LogP contribution in [0, 0.1) is 0 Å². The number of ether oxygens (including phenoxy) is 1. The van der Waals surface area contributed by atoms with Crippen molar-refractivity contribution in [2.24, 2.45) is 0 Å². The molecular formula is C30H35N5O3S. The lowest BCUT2D eigenvalue weighted by Gasteiger charge is -2.33. The fourth-order valence-electron chi connectivity index (χ4n) is 4.47. The lowest BCUT2D eigenvalue weighted by molar-refractivity contribution is 0.173. The second-order valence-electron chi connectivity index (χ2n) is 9.41. The predicted octanol–water partition coefficient (Wildman–Crippen LogP) is 5.66. The minimum Gasteiger partial charge on any atom is -0.497 e. The van der Waals surface area contributed by atoms with E-state index in [-0.39, 0.29) is 11.6 Å². The Kier molecular flexibility index (Phi) is 9.27. The average Bonchev–Trinajstić information content (AvgIpc) is 2.95. The van der Waals surface area contributed by atoms with Crippen LogP contribution in [0.1, 0.15) is 25.2 Å². The summed E-state index contributed by atoms with van der Waals surface area (Å²) in [5.74, 6) is 1.20. The summed E-state index contributed by atoms with van der Waals surface area (Å²) in [6, 6.07) is 21.7. The molecule has 1 atom stereocenters. The SMILES string of the molecule is CCC(c1nc2ccccc2c(=O)n1-c1ccc(OC)cc1)N(CCN(C)C)C(=O)Nc1ccc(SC)cc1. The summed E-state index contributed by atoms with van der Waals surface area (Å²) in [7, 11) is 5.55. The van der Waals surface area contributed by atoms with E-state index in [9.17, 15) is 9.59 Å². The standard InChI is InChI=1S/C30H35N5O3S/c1-6-27(34(20-19-33(2)3)30(37)31-21-11-17-24(39-5)18-12-21)28-32-26-10-8-7-9-25(26)29(36)35(28)22-13-15-23(38-4)16-14-22/h7-18,27H,6,19-20H2,1-5H3,(H,31,37). The second-order valence-corrected chi connectivity index (χ2v) is 10.3. The number of benzene rings is 3. The first-order chi connectivity index (χ1) is 18.9. The van der Waals surface area contributed by atoms with Crippen molar-refractivity contribution < 1.29 is 9.53 Å². The van der Waals surface area contributed by atoms with Crippen LogP contribution in [0.4, 0.5) is 10.5 Å². The maximum absolute atomic E-state index is 13.9. The number of anilines is 1. The Morgan fingerprint density at radius 2 is 1.72 bits per heavy atom. The van der Waals surface area contributed by atoms with Crippen molar-refractivity contribution >= 4 is 34.4 Å². The van der Waals surface area contributed by atoms with E-state index in [0.29, 0.717) is 53.4 Å². The molecule has 0 radical (unpaired) electrons. The van der Waals surface area contributed by atoms with Crippen molar-refractivity contribution in [1.82, 2.24) is 19.4 Å². The summed E-state index contributed by atoms with van der Waals surface area (Å²) in [6.45, 7) is 3.11. The maximum Gasteiger partial charge on any atom is 0.322 e. The van der Waals surface area contributed by atoms with Crippen LogP contribution < -0.4 is 15.6 Å². The number of carbonyl (C=O) groups excluding carboxylic acids is 1. The number of para-hydroxylation sites is 1. The van der Waals surface area contributed by atoms with Gasteiger partial charge < -0.3 is 19.9 Å². The third-order valence-electron chi connectivity index (χ3n) is 6.58. The molecule has 0 aliphatic heterocycles. The Balaban J connectivity index is 1.83. The number of urea groups is 1. The summed E-state index contributed by atoms with van der Waals surface area (Å²) < 4.78 is 6.95. The number of likely N-dealkylation sites (N-methyl/N-ethyl adjacent to an activating group) is 1. The van der Waals surface area contributed by atoms with Crippen LogP contribution in [0.15, 0.2) is 82.5 Å². The van der Waals surface area contributed by atoms with Crippen LogP contribution in [0.5, 0.6) is 5.75 Å². The van der Waals surface area contributed by atoms with E-state index in [2.05, 4.69) is 5.32 Å². The van der Waals surface area contributed by atoms with Crippen molar-refractivity contribution in [2.45, 2.75) is 24.3 Å². The van der Waals surface area contributed by atoms with Gasteiger partial charge in [0, 0.05) is 23.7 Å². The number of hydrogen-bond acceptors (Lipinski definition) is 6. The van der Waals surface area contributed by atoms with Gasteiger partial charge in [-0.15, -0.1) is 11.8 Å². The number of fused-ring (bicyclic) bond motifs is 1. The van der Waals surface area contributed by atoms with E-state index >= 15 is 0 Å². The Labute approximate surface area is 233 Å². The quantitative estimate of drug-likeness (QED) is 0.259. The zero-order chi connectivity index (χ0) is 27.9. The van der Waals surface area contributed by atoms with Gasteiger partial charge in [-0.2, -0.15) is 0 Å². The molecule has 2 amide bonds. The lowest BCUT2D eigenvalue weighted by Crippen LogP contribution is -2.43. The number of methoxy groups -OCH3 is 1. The minimum atomic E-state index is -0.463. The van der Waals surface area contributed by atoms with Crippen LogP contribution in [0.2, 0.25) is 0 Å². The van der Waals surface area contributed by atoms with Crippen LogP contribution in [-0.4, -0.2) is 65.9 Å². The topological polar surface area (TPSA) is 79.7 Å². The van der Waals surface area contributed by atoms with Gasteiger partial charge in [0.1, 0.15) is 11.6 Å². The van der Waals surface area contributed by atoms with E-state index in [1.165, 1.54) is 0 Å². The van der Waals surface area contributed by atoms with Gasteiger partial charge in [0.05, 0.1) is 29.7 Å². The van der Waals surface area contributed by atoms with Gasteiger partial charge in [-0.05, 0) is 87.4 Å². The van der Waals surface area contributed by atoms with Gasteiger partial charge in [-0.3, -0.25) is 9.36 Å². The van der Waals surface area contributed by atoms with Crippen molar-refractivity contribution in [1.29, 1.82) is 0 Å². The lowest BCUT2D eigenvalue weighted by atomic mass is 10.1. The van der Waals surface area contributed by atoms with Gasteiger partial charge >= 0.3 is 6.03 Å². The predicted molar refractivity (Wildman–Crippen MR) is 159 cm³/mol. The van der Waals surface area contributed by atoms with E-state index in [0.717, 1.165) is 4.90 Å². The number of rotatable bonds is 10. The van der Waals surface area contributed by atoms with Gasteiger partial charge in [-0.1, -0.05) is 19.1 Å². The molecule has 9 heteroatoms. The molecule has 1 aromatic heterocycles. The van der Waals surface area contributed by atoms with Gasteiger partial charge in [-0.25, -0.2) is 9.78 Å². The first-order valence-corrected chi connectivity index (χ1v) is 14.1. The van der Waals surface area contributed by atoms with Crippen molar-refractivity contribution in [3.63, 3.8) is 0 Å². The van der Waals surface area contributed by atoms with Crippen LogP contribution in [0.3, 0.4) is 0 Å². The molecule has 0 aliphatic rings. The van der Waals surface area contributed by atoms with Crippen molar-refractivity contribution in [3.8, 4) is 11.4 Å². The third kappa shape index (κ3) is 6.43. The van der Waals surface area contributed by atoms with E-state index < -0.39 is 6.04 Å². The fourth-order valence-corrected chi connectivity index (χ4v) is 4.88. The Hall–Kier alpha value is -3.82. The molecule has 1 unspecified atom stereocenters. The molecular weight excluding hydrogens is 510 g/mol. The number of nitrogens with zero attached hydrogens (tertiary/aromatic N) is 4. The highest BCUT2D eigenvalue weighted by atomic mass is 32.2. The zero-order valence-electron chi connectivity index (χ0n) is 23.0. The molecule has 0 saturated heterocycles. The molecule has 3 aromatic carbocycles. The molecule has 39 heavy (non-hydrogen) atoms. The number of thioether (sulfide) groups is 1. The molecule has 1 heterocycles. The second kappa shape index (κ2) is 12.8. The summed E-state index contributed by atoms with van der Waals surface area (Å²) in [5.41, 5.74) is 1.79. The van der Waals surface area contributed by atoms with Crippen molar-refractivity contribution in [3.05, 3.63) is 89.0 Å². The monoisotopic (exact) mass is 545 g/mol. The van der Waals surface area contributed by atoms with Crippen LogP contribution in [0.25, 0.3) is 16.6 Å². The molecule has 4 aromatic rings. The Morgan fingerprint density at radius 3 is 2.33 bits per heavy atom. The molecule has 0 aliphatic carbocycles. The van der Waals surface area contributed by atoms with Gasteiger partial charge in [0.25, 0.3) is 5.56 Å². The first-order valence-electron chi connectivity index (χ1n) is 12.9. The number of nitrogens with one attached hydrogen (secondary N) is 1. The highest BCUT2D eigenvalue weighted by molar-refractivity contribution is 7.98. The maximum atomic E-state index is 13.9. The summed E-state index contributed by atoms with van der Waals surface area (Å²) in [5, 5.41) is 3.57. The molecule has 1 N–H and O–H groups in total. The average molecular weight is 546 g/mol. The van der Waals surface area contributed by atoms with Crippen molar-refractivity contribution in [2.75, 3.05) is 45.9 Å².